The van der Waals surface area contributed by atoms with E-state index < -0.39 is 12.2 Å². The molecule has 0 aliphatic carbocycles. The van der Waals surface area contributed by atoms with Crippen LogP contribution < -0.4 is 4.74 Å². The van der Waals surface area contributed by atoms with E-state index in [4.69, 9.17) is 0 Å². The zero-order chi connectivity index (χ0) is 8.32. The molecule has 0 amide bonds. The quantitative estimate of drug-likeness (QED) is 0.628. The molecule has 0 atom stereocenters. The minimum Gasteiger partial charge on any atom is -0.386 e. The Morgan fingerprint density at radius 1 is 1.27 bits per heavy atom. The number of hydrogen-bond donors (Lipinski definition) is 0. The minimum absolute atomic E-state index is 0.556. The van der Waals surface area contributed by atoms with Crippen molar-refractivity contribution < 1.29 is 17.9 Å². The molecule has 3 nitrogen and oxygen atoms in total. The van der Waals surface area contributed by atoms with E-state index in [-0.39, 0.29) is 0 Å². The van der Waals surface area contributed by atoms with Crippen molar-refractivity contribution in [3.8, 4) is 5.88 Å². The summed E-state index contributed by atoms with van der Waals surface area (Å²) >= 11 is 0. The highest BCUT2D eigenvalue weighted by Gasteiger charge is 2.31. The minimum atomic E-state index is -4.70. The Morgan fingerprint density at radius 3 is 2.45 bits per heavy atom. The van der Waals surface area contributed by atoms with E-state index in [1.54, 1.807) is 0 Å². The van der Waals surface area contributed by atoms with Crippen LogP contribution in [0.15, 0.2) is 18.6 Å². The maximum absolute atomic E-state index is 11.5. The van der Waals surface area contributed by atoms with E-state index in [0.717, 1.165) is 12.4 Å². The first-order valence-electron chi connectivity index (χ1n) is 2.60. The fourth-order valence-electron chi connectivity index (χ4n) is 0.457. The van der Waals surface area contributed by atoms with Crippen LogP contribution >= 0.6 is 0 Å². The van der Waals surface area contributed by atoms with Crippen LogP contribution in [-0.2, 0) is 0 Å². The number of nitrogens with zero attached hydrogens (tertiary/aromatic N) is 2. The van der Waals surface area contributed by atoms with Crippen LogP contribution in [0.25, 0.3) is 0 Å². The number of rotatable bonds is 1. The van der Waals surface area contributed by atoms with Crippen molar-refractivity contribution in [1.82, 2.24) is 9.97 Å². The Bertz CT molecular complexity index is 223. The molecule has 0 aromatic carbocycles. The molecule has 11 heavy (non-hydrogen) atoms. The van der Waals surface area contributed by atoms with Crippen molar-refractivity contribution in [3.63, 3.8) is 0 Å². The van der Waals surface area contributed by atoms with Gasteiger partial charge in [0.25, 0.3) is 0 Å². The van der Waals surface area contributed by atoms with Gasteiger partial charge >= 0.3 is 6.36 Å². The van der Waals surface area contributed by atoms with Gasteiger partial charge in [-0.25, -0.2) is 4.98 Å². The van der Waals surface area contributed by atoms with Gasteiger partial charge in [0, 0.05) is 12.4 Å². The standard InChI is InChI=1S/C5H3F3N2O/c6-5(7,8)11-4-3-9-1-2-10-4/h1-3H. The molecule has 0 saturated heterocycles. The molecule has 0 fully saturated rings. The molecule has 1 aromatic rings. The maximum Gasteiger partial charge on any atom is 0.574 e. The number of alkyl halides is 3. The van der Waals surface area contributed by atoms with E-state index in [0.29, 0.717) is 0 Å². The number of halogens is 3. The predicted molar refractivity (Wildman–Crippen MR) is 28.7 cm³/mol. The van der Waals surface area contributed by atoms with Crippen LogP contribution in [0.5, 0.6) is 5.88 Å². The topological polar surface area (TPSA) is 35.0 Å². The molecule has 1 heterocycles. The second-order valence-electron chi connectivity index (χ2n) is 1.59. The third-order valence-corrected chi connectivity index (χ3v) is 0.760. The Kier molecular flexibility index (Phi) is 1.93. The van der Waals surface area contributed by atoms with Crippen molar-refractivity contribution in [3.05, 3.63) is 18.6 Å². The average molecular weight is 164 g/mol. The van der Waals surface area contributed by atoms with Crippen LogP contribution in [0.1, 0.15) is 0 Å². The first kappa shape index (κ1) is 7.77. The fraction of sp³-hybridized carbons (Fsp3) is 0.200. The largest absolute Gasteiger partial charge is 0.574 e. The molecular formula is C5H3F3N2O. The fourth-order valence-corrected chi connectivity index (χ4v) is 0.457. The smallest absolute Gasteiger partial charge is 0.386 e. The highest BCUT2D eigenvalue weighted by atomic mass is 19.4. The number of aromatic nitrogens is 2. The number of ether oxygens (including phenoxy) is 1. The highest BCUT2D eigenvalue weighted by molar-refractivity contribution is 5.01. The summed E-state index contributed by atoms with van der Waals surface area (Å²) in [6, 6.07) is 0. The second-order valence-corrected chi connectivity index (χ2v) is 1.59. The first-order chi connectivity index (χ1) is 5.08. The van der Waals surface area contributed by atoms with Gasteiger partial charge in [-0.15, -0.1) is 13.2 Å². The summed E-state index contributed by atoms with van der Waals surface area (Å²) < 4.78 is 37.8. The van der Waals surface area contributed by atoms with Crippen molar-refractivity contribution in [2.45, 2.75) is 6.36 Å². The summed E-state index contributed by atoms with van der Waals surface area (Å²) in [5.74, 6) is -0.556. The van der Waals surface area contributed by atoms with E-state index in [1.807, 2.05) is 0 Å². The molecule has 60 valence electrons. The van der Waals surface area contributed by atoms with Gasteiger partial charge in [0.1, 0.15) is 0 Å². The van der Waals surface area contributed by atoms with Gasteiger partial charge in [-0.2, -0.15) is 0 Å². The summed E-state index contributed by atoms with van der Waals surface area (Å²) in [6.07, 6.45) is -1.45. The highest BCUT2D eigenvalue weighted by Crippen LogP contribution is 2.18. The Hall–Kier alpha value is -1.33. The molecule has 0 saturated carbocycles. The second kappa shape index (κ2) is 2.73. The molecule has 6 heteroatoms. The van der Waals surface area contributed by atoms with E-state index in [9.17, 15) is 13.2 Å². The van der Waals surface area contributed by atoms with Crippen LogP contribution in [0.4, 0.5) is 13.2 Å². The zero-order valence-electron chi connectivity index (χ0n) is 5.17. The lowest BCUT2D eigenvalue weighted by atomic mass is 10.7. The molecule has 0 aliphatic heterocycles. The van der Waals surface area contributed by atoms with Gasteiger partial charge in [0.2, 0.25) is 5.88 Å². The molecule has 0 radical (unpaired) electrons. The lowest BCUT2D eigenvalue weighted by Crippen LogP contribution is -2.17. The lowest BCUT2D eigenvalue weighted by molar-refractivity contribution is -0.276. The van der Waals surface area contributed by atoms with Crippen LogP contribution in [0, 0.1) is 0 Å². The van der Waals surface area contributed by atoms with E-state index in [2.05, 4.69) is 14.7 Å². The molecule has 0 bridgehead atoms. The van der Waals surface area contributed by atoms with E-state index >= 15 is 0 Å². The molecule has 0 aliphatic rings. The molecule has 1 rings (SSSR count). The summed E-state index contributed by atoms with van der Waals surface area (Å²) in [5, 5.41) is 0. The Balaban J connectivity index is 2.66. The Labute approximate surface area is 59.8 Å². The summed E-state index contributed by atoms with van der Waals surface area (Å²) in [7, 11) is 0. The number of hydrogen-bond acceptors (Lipinski definition) is 3. The van der Waals surface area contributed by atoms with Gasteiger partial charge < -0.3 is 4.74 Å². The molecule has 0 spiro atoms. The van der Waals surface area contributed by atoms with Crippen molar-refractivity contribution in [2.24, 2.45) is 0 Å². The van der Waals surface area contributed by atoms with Crippen molar-refractivity contribution in [1.29, 1.82) is 0 Å². The SMILES string of the molecule is FC(F)(F)Oc1cnccn1. The predicted octanol–water partition coefficient (Wildman–Crippen LogP) is 1.38. The van der Waals surface area contributed by atoms with Gasteiger partial charge in [-0.05, 0) is 0 Å². The van der Waals surface area contributed by atoms with Crippen LogP contribution in [0.2, 0.25) is 0 Å². The van der Waals surface area contributed by atoms with E-state index in [1.165, 1.54) is 6.20 Å². The van der Waals surface area contributed by atoms with Crippen LogP contribution in [0.3, 0.4) is 0 Å². The lowest BCUT2D eigenvalue weighted by Gasteiger charge is -2.05. The van der Waals surface area contributed by atoms with Gasteiger partial charge in [0.15, 0.2) is 0 Å². The third kappa shape index (κ3) is 2.83. The average Bonchev–Trinajstić information content (AvgIpc) is 1.85. The molecule has 1 aromatic heterocycles. The van der Waals surface area contributed by atoms with Crippen molar-refractivity contribution in [2.75, 3.05) is 0 Å². The Morgan fingerprint density at radius 2 is 2.00 bits per heavy atom. The zero-order valence-corrected chi connectivity index (χ0v) is 5.17. The van der Waals surface area contributed by atoms with Gasteiger partial charge in [-0.3, -0.25) is 4.98 Å². The first-order valence-corrected chi connectivity index (χ1v) is 2.60. The maximum atomic E-state index is 11.5. The van der Waals surface area contributed by atoms with Crippen molar-refractivity contribution >= 4 is 0 Å². The van der Waals surface area contributed by atoms with Gasteiger partial charge in [-0.1, -0.05) is 0 Å². The summed E-state index contributed by atoms with van der Waals surface area (Å²) in [6.45, 7) is 0. The molecular weight excluding hydrogens is 161 g/mol. The monoisotopic (exact) mass is 164 g/mol. The molecule has 0 unspecified atom stereocenters. The van der Waals surface area contributed by atoms with Gasteiger partial charge in [0.05, 0.1) is 6.20 Å². The van der Waals surface area contributed by atoms with Crippen LogP contribution in [-0.4, -0.2) is 16.3 Å². The normalized spacial score (nSPS) is 11.2. The molecule has 0 N–H and O–H groups in total. The summed E-state index contributed by atoms with van der Waals surface area (Å²) in [4.78, 5) is 6.64. The summed E-state index contributed by atoms with van der Waals surface area (Å²) in [5.41, 5.74) is 0. The third-order valence-electron chi connectivity index (χ3n) is 0.760.